The molecule has 1 amide bonds. The number of para-hydroxylation sites is 1. The van der Waals surface area contributed by atoms with E-state index in [0.29, 0.717) is 18.7 Å². The molecule has 1 atom stereocenters. The summed E-state index contributed by atoms with van der Waals surface area (Å²) in [5.41, 5.74) is 1.56. The average Bonchev–Trinajstić information content (AvgIpc) is 3.43. The van der Waals surface area contributed by atoms with Crippen LogP contribution in [-0.2, 0) is 26.0 Å². The summed E-state index contributed by atoms with van der Waals surface area (Å²) in [6.07, 6.45) is 3.59. The molecule has 0 saturated heterocycles. The Balaban J connectivity index is 1.52. The van der Waals surface area contributed by atoms with E-state index in [1.807, 2.05) is 12.1 Å². The van der Waals surface area contributed by atoms with Gasteiger partial charge < -0.3 is 10.1 Å². The first-order valence-corrected chi connectivity index (χ1v) is 12.5. The molecule has 0 bridgehead atoms. The second-order valence-corrected chi connectivity index (χ2v) is 10.4. The van der Waals surface area contributed by atoms with E-state index in [4.69, 9.17) is 16.3 Å². The second-order valence-electron chi connectivity index (χ2n) is 8.14. The monoisotopic (exact) mass is 476 g/mol. The van der Waals surface area contributed by atoms with Crippen molar-refractivity contribution in [2.75, 3.05) is 10.8 Å². The van der Waals surface area contributed by atoms with E-state index in [2.05, 4.69) is 5.32 Å². The van der Waals surface area contributed by atoms with Crippen LogP contribution < -0.4 is 9.62 Å². The number of amides is 1. The third kappa shape index (κ3) is 4.47. The number of nitrogens with one attached hydrogen (secondary N) is 1. The molecule has 1 fully saturated rings. The van der Waals surface area contributed by atoms with Gasteiger partial charge in [0, 0.05) is 12.6 Å². The molecule has 2 aromatic carbocycles. The van der Waals surface area contributed by atoms with Gasteiger partial charge in [-0.2, -0.15) is 0 Å². The lowest BCUT2D eigenvalue weighted by Gasteiger charge is -2.21. The van der Waals surface area contributed by atoms with Crippen LogP contribution in [0.15, 0.2) is 47.4 Å². The van der Waals surface area contributed by atoms with Crippen molar-refractivity contribution in [3.05, 3.63) is 58.6 Å². The highest BCUT2D eigenvalue weighted by atomic mass is 35.5. The summed E-state index contributed by atoms with van der Waals surface area (Å²) < 4.78 is 33.3. The lowest BCUT2D eigenvalue weighted by molar-refractivity contribution is -0.129. The molecule has 1 aliphatic carbocycles. The van der Waals surface area contributed by atoms with E-state index >= 15 is 0 Å². The Labute approximate surface area is 192 Å². The molecular formula is C23H25ClN2O5S. The van der Waals surface area contributed by atoms with Crippen molar-refractivity contribution in [1.82, 2.24) is 5.32 Å². The van der Waals surface area contributed by atoms with Crippen LogP contribution in [0.2, 0.25) is 5.02 Å². The van der Waals surface area contributed by atoms with Crippen molar-refractivity contribution in [1.29, 1.82) is 0 Å². The molecule has 0 radical (unpaired) electrons. The Kier molecular flexibility index (Phi) is 6.44. The summed E-state index contributed by atoms with van der Waals surface area (Å²) in [4.78, 5) is 24.8. The zero-order valence-corrected chi connectivity index (χ0v) is 19.3. The molecule has 1 N–H and O–H groups in total. The molecule has 1 heterocycles. The molecule has 9 heteroatoms. The van der Waals surface area contributed by atoms with Crippen molar-refractivity contribution in [3.63, 3.8) is 0 Å². The van der Waals surface area contributed by atoms with Gasteiger partial charge in [0.15, 0.2) is 6.10 Å². The number of carbonyl (C=O) groups excluding carboxylic acids is 2. The lowest BCUT2D eigenvalue weighted by Crippen LogP contribution is -2.40. The zero-order chi connectivity index (χ0) is 22.9. The summed E-state index contributed by atoms with van der Waals surface area (Å²) in [5, 5.41) is 2.90. The van der Waals surface area contributed by atoms with Gasteiger partial charge in [-0.3, -0.25) is 9.10 Å². The van der Waals surface area contributed by atoms with Crippen molar-refractivity contribution < 1.29 is 22.7 Å². The van der Waals surface area contributed by atoms with Gasteiger partial charge in [-0.1, -0.05) is 42.6 Å². The van der Waals surface area contributed by atoms with Crippen LogP contribution in [0.4, 0.5) is 5.69 Å². The van der Waals surface area contributed by atoms with Crippen LogP contribution in [-0.4, -0.2) is 39.0 Å². The van der Waals surface area contributed by atoms with Crippen molar-refractivity contribution in [2.45, 2.75) is 56.1 Å². The maximum Gasteiger partial charge on any atom is 0.338 e. The van der Waals surface area contributed by atoms with Crippen LogP contribution in [0, 0.1) is 0 Å². The molecule has 2 aromatic rings. The number of carbonyl (C=O) groups is 2. The zero-order valence-electron chi connectivity index (χ0n) is 17.7. The van der Waals surface area contributed by atoms with Crippen LogP contribution in [0.3, 0.4) is 0 Å². The Morgan fingerprint density at radius 3 is 2.62 bits per heavy atom. The molecule has 1 unspecified atom stereocenters. The fraction of sp³-hybridized carbons (Fsp3) is 0.391. The Hall–Kier alpha value is -2.58. The number of nitrogens with zero attached hydrogens (tertiary/aromatic N) is 1. The molecule has 0 aromatic heterocycles. The van der Waals surface area contributed by atoms with E-state index in [-0.39, 0.29) is 27.4 Å². The van der Waals surface area contributed by atoms with Crippen molar-refractivity contribution >= 4 is 39.2 Å². The number of halogens is 1. The number of sulfonamides is 1. The van der Waals surface area contributed by atoms with E-state index in [1.165, 1.54) is 29.4 Å². The number of ether oxygens (including phenoxy) is 1. The van der Waals surface area contributed by atoms with E-state index in [1.54, 1.807) is 12.1 Å². The van der Waals surface area contributed by atoms with Gasteiger partial charge in [0.05, 0.1) is 16.3 Å². The Bertz CT molecular complexity index is 1140. The number of hydrogen-bond acceptors (Lipinski definition) is 5. The summed E-state index contributed by atoms with van der Waals surface area (Å²) in [7, 11) is -3.99. The largest absolute Gasteiger partial charge is 0.449 e. The minimum atomic E-state index is -3.99. The third-order valence-electron chi connectivity index (χ3n) is 5.93. The highest BCUT2D eigenvalue weighted by molar-refractivity contribution is 7.93. The van der Waals surface area contributed by atoms with Crippen molar-refractivity contribution in [2.24, 2.45) is 0 Å². The summed E-state index contributed by atoms with van der Waals surface area (Å²) >= 11 is 6.22. The molecular weight excluding hydrogens is 452 g/mol. The fourth-order valence-electron chi connectivity index (χ4n) is 4.18. The minimum Gasteiger partial charge on any atom is -0.449 e. The topological polar surface area (TPSA) is 92.8 Å². The van der Waals surface area contributed by atoms with Crippen molar-refractivity contribution in [3.8, 4) is 0 Å². The smallest absolute Gasteiger partial charge is 0.338 e. The molecule has 4 rings (SSSR count). The Morgan fingerprint density at radius 2 is 1.88 bits per heavy atom. The molecule has 1 aliphatic heterocycles. The van der Waals surface area contributed by atoms with Crippen LogP contribution in [0.5, 0.6) is 0 Å². The Morgan fingerprint density at radius 1 is 1.16 bits per heavy atom. The average molecular weight is 477 g/mol. The van der Waals surface area contributed by atoms with Crippen LogP contribution in [0.25, 0.3) is 0 Å². The third-order valence-corrected chi connectivity index (χ3v) is 8.23. The predicted octanol–water partition coefficient (Wildman–Crippen LogP) is 3.70. The van der Waals surface area contributed by atoms with Gasteiger partial charge in [0.2, 0.25) is 0 Å². The number of fused-ring (bicyclic) bond motifs is 1. The van der Waals surface area contributed by atoms with Crippen LogP contribution in [0.1, 0.15) is 48.5 Å². The highest BCUT2D eigenvalue weighted by Gasteiger charge is 2.33. The highest BCUT2D eigenvalue weighted by Crippen LogP contribution is 2.35. The molecule has 170 valence electrons. The predicted molar refractivity (Wildman–Crippen MR) is 121 cm³/mol. The molecule has 32 heavy (non-hydrogen) atoms. The number of benzene rings is 2. The van der Waals surface area contributed by atoms with E-state index in [0.717, 1.165) is 31.2 Å². The second kappa shape index (κ2) is 9.11. The summed E-state index contributed by atoms with van der Waals surface area (Å²) in [6.45, 7) is 1.79. The van der Waals surface area contributed by atoms with Gasteiger partial charge in [-0.05, 0) is 56.0 Å². The summed E-state index contributed by atoms with van der Waals surface area (Å²) in [6, 6.07) is 11.3. The number of hydrogen-bond donors (Lipinski definition) is 1. The maximum atomic E-state index is 13.3. The molecule has 7 nitrogen and oxygen atoms in total. The van der Waals surface area contributed by atoms with E-state index < -0.39 is 22.1 Å². The molecule has 2 aliphatic rings. The van der Waals surface area contributed by atoms with Gasteiger partial charge in [-0.25, -0.2) is 13.2 Å². The SMILES string of the molecule is CC(OC(=O)c1ccc(Cl)c(S(=O)(=O)N2CCc3ccccc32)c1)C(=O)NC1CCCC1. The summed E-state index contributed by atoms with van der Waals surface area (Å²) in [5.74, 6) is -1.14. The first-order chi connectivity index (χ1) is 15.3. The van der Waals surface area contributed by atoms with Gasteiger partial charge in [0.25, 0.3) is 15.9 Å². The van der Waals surface area contributed by atoms with Gasteiger partial charge in [-0.15, -0.1) is 0 Å². The van der Waals surface area contributed by atoms with Gasteiger partial charge >= 0.3 is 5.97 Å². The number of anilines is 1. The standard InChI is InChI=1S/C23H25ClN2O5S/c1-15(22(27)25-18-7-3-4-8-18)31-23(28)17-10-11-19(24)21(14-17)32(29,30)26-13-12-16-6-2-5-9-20(16)26/h2,5-6,9-11,14-15,18H,3-4,7-8,12-13H2,1H3,(H,25,27). The number of rotatable bonds is 6. The molecule has 1 saturated carbocycles. The van der Waals surface area contributed by atoms with E-state index in [9.17, 15) is 18.0 Å². The minimum absolute atomic E-state index is 0.0120. The fourth-order valence-corrected chi connectivity index (χ4v) is 6.18. The first-order valence-electron chi connectivity index (χ1n) is 10.7. The normalized spacial score (nSPS) is 17.1. The molecule has 0 spiro atoms. The lowest BCUT2D eigenvalue weighted by atomic mass is 10.2. The quantitative estimate of drug-likeness (QED) is 0.642. The maximum absolute atomic E-state index is 13.3. The number of esters is 1. The first kappa shape index (κ1) is 22.6. The van der Waals surface area contributed by atoms with Crippen LogP contribution >= 0.6 is 11.6 Å². The van der Waals surface area contributed by atoms with Gasteiger partial charge in [0.1, 0.15) is 4.90 Å².